The van der Waals surface area contributed by atoms with Crippen LogP contribution in [0.15, 0.2) is 18.2 Å². The lowest BCUT2D eigenvalue weighted by Gasteiger charge is -2.22. The fourth-order valence-corrected chi connectivity index (χ4v) is 2.50. The van der Waals surface area contributed by atoms with Crippen molar-refractivity contribution in [1.29, 1.82) is 0 Å². The summed E-state index contributed by atoms with van der Waals surface area (Å²) in [5.74, 6) is -0.0882. The molecular weight excluding hydrogens is 226 g/mol. The monoisotopic (exact) mass is 247 g/mol. The number of esters is 1. The minimum Gasteiger partial charge on any atom is -0.461 e. The first-order valence-electron chi connectivity index (χ1n) is 6.44. The number of likely N-dealkylation sites (N-methyl/N-ethyl adjacent to an activating group) is 1. The summed E-state index contributed by atoms with van der Waals surface area (Å²) >= 11 is 0. The summed E-state index contributed by atoms with van der Waals surface area (Å²) in [5, 5.41) is 0. The van der Waals surface area contributed by atoms with Gasteiger partial charge in [0.1, 0.15) is 12.1 Å². The van der Waals surface area contributed by atoms with Gasteiger partial charge in [-0.05, 0) is 38.9 Å². The number of aryl methyl sites for hydroxylation is 2. The molecule has 0 radical (unpaired) electrons. The Balaban J connectivity index is 2.07. The lowest BCUT2D eigenvalue weighted by molar-refractivity contribution is -0.144. The fourth-order valence-electron chi connectivity index (χ4n) is 2.50. The van der Waals surface area contributed by atoms with Gasteiger partial charge in [0, 0.05) is 13.0 Å². The Morgan fingerprint density at radius 2 is 2.11 bits per heavy atom. The van der Waals surface area contributed by atoms with Crippen LogP contribution in [-0.2, 0) is 16.1 Å². The predicted molar refractivity (Wildman–Crippen MR) is 71.3 cm³/mol. The molecule has 1 fully saturated rings. The first kappa shape index (κ1) is 13.1. The van der Waals surface area contributed by atoms with Crippen molar-refractivity contribution in [3.8, 4) is 0 Å². The number of hydrogen-bond donors (Lipinski definition) is 0. The highest BCUT2D eigenvalue weighted by atomic mass is 16.6. The van der Waals surface area contributed by atoms with Crippen LogP contribution in [-0.4, -0.2) is 30.1 Å². The normalized spacial score (nSPS) is 23.5. The Morgan fingerprint density at radius 1 is 1.39 bits per heavy atom. The van der Waals surface area contributed by atoms with E-state index in [1.165, 1.54) is 16.7 Å². The topological polar surface area (TPSA) is 29.5 Å². The van der Waals surface area contributed by atoms with Crippen LogP contribution in [0.3, 0.4) is 0 Å². The molecule has 0 bridgehead atoms. The smallest absolute Gasteiger partial charge is 0.323 e. The van der Waals surface area contributed by atoms with E-state index in [9.17, 15) is 4.79 Å². The third-order valence-electron chi connectivity index (χ3n) is 3.59. The first-order valence-corrected chi connectivity index (χ1v) is 6.44. The number of cyclic esters (lactones) is 1. The SMILES string of the molecule is Cc1ccc(CN(C)[C@@H]2C[C@H](C)OC2=O)c(C)c1. The molecule has 18 heavy (non-hydrogen) atoms. The van der Waals surface area contributed by atoms with Gasteiger partial charge in [-0.3, -0.25) is 9.69 Å². The van der Waals surface area contributed by atoms with Crippen molar-refractivity contribution >= 4 is 5.97 Å². The molecule has 0 aromatic heterocycles. The molecule has 1 aliphatic rings. The average molecular weight is 247 g/mol. The van der Waals surface area contributed by atoms with Gasteiger partial charge < -0.3 is 4.74 Å². The van der Waals surface area contributed by atoms with E-state index in [-0.39, 0.29) is 18.1 Å². The first-order chi connectivity index (χ1) is 8.47. The van der Waals surface area contributed by atoms with Crippen LogP contribution in [0.4, 0.5) is 0 Å². The van der Waals surface area contributed by atoms with E-state index >= 15 is 0 Å². The minimum atomic E-state index is -0.0966. The van der Waals surface area contributed by atoms with Crippen molar-refractivity contribution in [3.63, 3.8) is 0 Å². The number of hydrogen-bond acceptors (Lipinski definition) is 3. The lowest BCUT2D eigenvalue weighted by Crippen LogP contribution is -2.35. The van der Waals surface area contributed by atoms with Gasteiger partial charge in [0.2, 0.25) is 0 Å². The molecule has 0 amide bonds. The van der Waals surface area contributed by atoms with Crippen molar-refractivity contribution < 1.29 is 9.53 Å². The molecule has 3 heteroatoms. The Bertz CT molecular complexity index is 456. The van der Waals surface area contributed by atoms with E-state index in [1.54, 1.807) is 0 Å². The zero-order valence-corrected chi connectivity index (χ0v) is 11.6. The summed E-state index contributed by atoms with van der Waals surface area (Å²) in [6.45, 7) is 6.95. The van der Waals surface area contributed by atoms with E-state index in [2.05, 4.69) is 36.9 Å². The average Bonchev–Trinajstić information content (AvgIpc) is 2.62. The Hall–Kier alpha value is -1.35. The molecule has 1 aromatic rings. The molecule has 1 aliphatic heterocycles. The second kappa shape index (κ2) is 5.11. The highest BCUT2D eigenvalue weighted by Gasteiger charge is 2.34. The second-order valence-electron chi connectivity index (χ2n) is 5.34. The summed E-state index contributed by atoms with van der Waals surface area (Å²) in [6.07, 6.45) is 0.837. The molecule has 1 heterocycles. The number of nitrogens with zero attached hydrogens (tertiary/aromatic N) is 1. The number of benzene rings is 1. The largest absolute Gasteiger partial charge is 0.461 e. The molecule has 98 valence electrons. The van der Waals surface area contributed by atoms with Crippen LogP contribution in [0.25, 0.3) is 0 Å². The molecule has 0 N–H and O–H groups in total. The van der Waals surface area contributed by atoms with Crippen LogP contribution < -0.4 is 0 Å². The third kappa shape index (κ3) is 2.72. The van der Waals surface area contributed by atoms with Gasteiger partial charge in [0.05, 0.1) is 0 Å². The van der Waals surface area contributed by atoms with E-state index in [1.807, 2.05) is 14.0 Å². The molecule has 2 atom stereocenters. The lowest BCUT2D eigenvalue weighted by atomic mass is 10.0. The Morgan fingerprint density at radius 3 is 2.67 bits per heavy atom. The van der Waals surface area contributed by atoms with Crippen LogP contribution in [0.1, 0.15) is 30.0 Å². The van der Waals surface area contributed by atoms with E-state index in [0.717, 1.165) is 13.0 Å². The maximum atomic E-state index is 11.7. The van der Waals surface area contributed by atoms with Crippen LogP contribution in [0.2, 0.25) is 0 Å². The summed E-state index contributed by atoms with van der Waals surface area (Å²) < 4.78 is 5.20. The summed E-state index contributed by atoms with van der Waals surface area (Å²) in [4.78, 5) is 13.8. The third-order valence-corrected chi connectivity index (χ3v) is 3.59. The van der Waals surface area contributed by atoms with E-state index in [0.29, 0.717) is 0 Å². The second-order valence-corrected chi connectivity index (χ2v) is 5.34. The van der Waals surface area contributed by atoms with Crippen molar-refractivity contribution in [2.75, 3.05) is 7.05 Å². The summed E-state index contributed by atoms with van der Waals surface area (Å²) in [5.41, 5.74) is 3.82. The highest BCUT2D eigenvalue weighted by molar-refractivity contribution is 5.77. The van der Waals surface area contributed by atoms with Crippen molar-refractivity contribution in [2.45, 2.75) is 45.9 Å². The zero-order chi connectivity index (χ0) is 13.3. The molecule has 2 rings (SSSR count). The van der Waals surface area contributed by atoms with Gasteiger partial charge in [-0.25, -0.2) is 0 Å². The van der Waals surface area contributed by atoms with Gasteiger partial charge in [0.25, 0.3) is 0 Å². The molecule has 1 saturated heterocycles. The van der Waals surface area contributed by atoms with Crippen molar-refractivity contribution in [1.82, 2.24) is 4.90 Å². The van der Waals surface area contributed by atoms with Gasteiger partial charge in [-0.1, -0.05) is 23.8 Å². The van der Waals surface area contributed by atoms with Gasteiger partial charge in [0.15, 0.2) is 0 Å². The minimum absolute atomic E-state index is 0.0454. The quantitative estimate of drug-likeness (QED) is 0.768. The standard InChI is InChI=1S/C15H21NO2/c1-10-5-6-13(11(2)7-10)9-16(4)14-8-12(3)18-15(14)17/h5-7,12,14H,8-9H2,1-4H3/t12-,14+/m0/s1. The Kier molecular flexibility index (Phi) is 3.71. The Labute approximate surface area is 109 Å². The fraction of sp³-hybridized carbons (Fsp3) is 0.533. The predicted octanol–water partition coefficient (Wildman–Crippen LogP) is 2.44. The maximum Gasteiger partial charge on any atom is 0.323 e. The van der Waals surface area contributed by atoms with Crippen molar-refractivity contribution in [2.24, 2.45) is 0 Å². The van der Waals surface area contributed by atoms with Crippen molar-refractivity contribution in [3.05, 3.63) is 34.9 Å². The number of carbonyl (C=O) groups is 1. The molecule has 3 nitrogen and oxygen atoms in total. The van der Waals surface area contributed by atoms with Crippen LogP contribution in [0.5, 0.6) is 0 Å². The zero-order valence-electron chi connectivity index (χ0n) is 11.6. The van der Waals surface area contributed by atoms with Crippen LogP contribution in [0, 0.1) is 13.8 Å². The highest BCUT2D eigenvalue weighted by Crippen LogP contribution is 2.21. The van der Waals surface area contributed by atoms with E-state index < -0.39 is 0 Å². The van der Waals surface area contributed by atoms with Gasteiger partial charge >= 0.3 is 5.97 Å². The number of rotatable bonds is 3. The number of ether oxygens (including phenoxy) is 1. The molecule has 0 aliphatic carbocycles. The van der Waals surface area contributed by atoms with Gasteiger partial charge in [-0.2, -0.15) is 0 Å². The van der Waals surface area contributed by atoms with Crippen LogP contribution >= 0.6 is 0 Å². The molecular formula is C15H21NO2. The van der Waals surface area contributed by atoms with Gasteiger partial charge in [-0.15, -0.1) is 0 Å². The molecule has 0 spiro atoms. The van der Waals surface area contributed by atoms with E-state index in [4.69, 9.17) is 4.74 Å². The molecule has 0 saturated carbocycles. The summed E-state index contributed by atoms with van der Waals surface area (Å²) in [7, 11) is 1.99. The molecule has 1 aromatic carbocycles. The number of carbonyl (C=O) groups excluding carboxylic acids is 1. The maximum absolute atomic E-state index is 11.7. The summed E-state index contributed by atoms with van der Waals surface area (Å²) in [6, 6.07) is 6.34. The molecule has 0 unspecified atom stereocenters.